The van der Waals surface area contributed by atoms with Gasteiger partial charge in [-0.3, -0.25) is 4.79 Å². The van der Waals surface area contributed by atoms with Gasteiger partial charge in [-0.1, -0.05) is 47.5 Å². The van der Waals surface area contributed by atoms with E-state index in [1.54, 1.807) is 11.3 Å². The predicted molar refractivity (Wildman–Crippen MR) is 135 cm³/mol. The Labute approximate surface area is 193 Å². The third-order valence-corrected chi connectivity index (χ3v) is 6.12. The summed E-state index contributed by atoms with van der Waals surface area (Å²) in [5.41, 5.74) is 7.88. The minimum Gasteiger partial charge on any atom is -0.385 e. The van der Waals surface area contributed by atoms with Gasteiger partial charge in [-0.25, -0.2) is 4.98 Å². The summed E-state index contributed by atoms with van der Waals surface area (Å²) in [5, 5.41) is 9.64. The zero-order valence-electron chi connectivity index (χ0n) is 18.6. The SMILES string of the molecule is Cc1ccc(-c2cc(C)ccc2C(=O)Nc2ccc(NCCc3csc(C)n3)cc2)cc1. The molecule has 4 rings (SSSR count). The number of rotatable bonds is 7. The van der Waals surface area contributed by atoms with Crippen LogP contribution in [0.25, 0.3) is 11.1 Å². The van der Waals surface area contributed by atoms with E-state index in [4.69, 9.17) is 0 Å². The molecule has 0 aliphatic carbocycles. The normalized spacial score (nSPS) is 10.7. The molecule has 4 nitrogen and oxygen atoms in total. The Bertz CT molecular complexity index is 1210. The summed E-state index contributed by atoms with van der Waals surface area (Å²) < 4.78 is 0. The lowest BCUT2D eigenvalue weighted by Gasteiger charge is -2.13. The van der Waals surface area contributed by atoms with Crippen molar-refractivity contribution in [3.63, 3.8) is 0 Å². The van der Waals surface area contributed by atoms with Gasteiger partial charge in [0.25, 0.3) is 5.91 Å². The molecular weight excluding hydrogens is 414 g/mol. The van der Waals surface area contributed by atoms with Gasteiger partial charge in [-0.15, -0.1) is 11.3 Å². The van der Waals surface area contributed by atoms with Gasteiger partial charge in [0.15, 0.2) is 0 Å². The van der Waals surface area contributed by atoms with E-state index >= 15 is 0 Å². The highest BCUT2D eigenvalue weighted by Gasteiger charge is 2.13. The van der Waals surface area contributed by atoms with Crippen molar-refractivity contribution in [2.75, 3.05) is 17.2 Å². The molecule has 1 aromatic heterocycles. The summed E-state index contributed by atoms with van der Waals surface area (Å²) in [4.78, 5) is 17.6. The molecule has 0 saturated heterocycles. The number of hydrogen-bond donors (Lipinski definition) is 2. The van der Waals surface area contributed by atoms with Crippen LogP contribution in [-0.2, 0) is 6.42 Å². The van der Waals surface area contributed by atoms with Gasteiger partial charge in [0.2, 0.25) is 0 Å². The highest BCUT2D eigenvalue weighted by Crippen LogP contribution is 2.26. The molecular formula is C27H27N3OS. The van der Waals surface area contributed by atoms with E-state index < -0.39 is 0 Å². The van der Waals surface area contributed by atoms with Crippen LogP contribution in [0.5, 0.6) is 0 Å². The van der Waals surface area contributed by atoms with Gasteiger partial charge >= 0.3 is 0 Å². The van der Waals surface area contributed by atoms with Gasteiger partial charge in [-0.05, 0) is 62.2 Å². The first-order valence-corrected chi connectivity index (χ1v) is 11.6. The fourth-order valence-corrected chi connectivity index (χ4v) is 4.20. The highest BCUT2D eigenvalue weighted by molar-refractivity contribution is 7.09. The minimum atomic E-state index is -0.111. The van der Waals surface area contributed by atoms with E-state index in [2.05, 4.69) is 58.3 Å². The molecule has 0 aliphatic rings. The summed E-state index contributed by atoms with van der Waals surface area (Å²) in [6, 6.07) is 22.0. The van der Waals surface area contributed by atoms with Crippen molar-refractivity contribution >= 4 is 28.6 Å². The fraction of sp³-hybridized carbons (Fsp3) is 0.185. The average molecular weight is 442 g/mol. The number of amides is 1. The number of aryl methyl sites for hydroxylation is 3. The molecule has 2 N–H and O–H groups in total. The van der Waals surface area contributed by atoms with Crippen LogP contribution < -0.4 is 10.6 Å². The zero-order chi connectivity index (χ0) is 22.5. The van der Waals surface area contributed by atoms with E-state index in [0.29, 0.717) is 5.56 Å². The lowest BCUT2D eigenvalue weighted by atomic mass is 9.96. The van der Waals surface area contributed by atoms with Crippen molar-refractivity contribution in [3.8, 4) is 11.1 Å². The Morgan fingerprint density at radius 3 is 2.25 bits per heavy atom. The lowest BCUT2D eigenvalue weighted by Crippen LogP contribution is -2.13. The van der Waals surface area contributed by atoms with Crippen LogP contribution in [0.4, 0.5) is 11.4 Å². The highest BCUT2D eigenvalue weighted by atomic mass is 32.1. The van der Waals surface area contributed by atoms with Gasteiger partial charge in [0, 0.05) is 35.3 Å². The molecule has 0 fully saturated rings. The van der Waals surface area contributed by atoms with Crippen LogP contribution >= 0.6 is 11.3 Å². The second-order valence-electron chi connectivity index (χ2n) is 7.98. The maximum Gasteiger partial charge on any atom is 0.256 e. The van der Waals surface area contributed by atoms with Crippen molar-refractivity contribution in [1.82, 2.24) is 4.98 Å². The molecule has 1 amide bonds. The summed E-state index contributed by atoms with van der Waals surface area (Å²) in [6.45, 7) is 6.94. The van der Waals surface area contributed by atoms with Crippen molar-refractivity contribution in [2.24, 2.45) is 0 Å². The van der Waals surface area contributed by atoms with E-state index in [1.807, 2.05) is 50.2 Å². The Morgan fingerprint density at radius 2 is 1.56 bits per heavy atom. The van der Waals surface area contributed by atoms with Gasteiger partial charge in [-0.2, -0.15) is 0 Å². The molecule has 0 spiro atoms. The van der Waals surface area contributed by atoms with E-state index in [1.165, 1.54) is 5.56 Å². The molecule has 0 bridgehead atoms. The third kappa shape index (κ3) is 5.42. The topological polar surface area (TPSA) is 54.0 Å². The zero-order valence-corrected chi connectivity index (χ0v) is 19.4. The second-order valence-corrected chi connectivity index (χ2v) is 9.04. The number of thiazole rings is 1. The summed E-state index contributed by atoms with van der Waals surface area (Å²) in [5.74, 6) is -0.111. The molecule has 162 valence electrons. The molecule has 4 aromatic rings. The van der Waals surface area contributed by atoms with Gasteiger partial charge in [0.1, 0.15) is 0 Å². The summed E-state index contributed by atoms with van der Waals surface area (Å²) >= 11 is 1.68. The minimum absolute atomic E-state index is 0.111. The number of nitrogens with one attached hydrogen (secondary N) is 2. The molecule has 0 unspecified atom stereocenters. The van der Waals surface area contributed by atoms with Crippen molar-refractivity contribution in [2.45, 2.75) is 27.2 Å². The number of anilines is 2. The van der Waals surface area contributed by atoms with E-state index in [-0.39, 0.29) is 5.91 Å². The van der Waals surface area contributed by atoms with Crippen molar-refractivity contribution in [1.29, 1.82) is 0 Å². The van der Waals surface area contributed by atoms with Crippen molar-refractivity contribution < 1.29 is 4.79 Å². The molecule has 0 saturated carbocycles. The molecule has 0 aliphatic heterocycles. The third-order valence-electron chi connectivity index (χ3n) is 5.30. The maximum atomic E-state index is 13.1. The van der Waals surface area contributed by atoms with Gasteiger partial charge < -0.3 is 10.6 Å². The average Bonchev–Trinajstić information content (AvgIpc) is 3.20. The smallest absolute Gasteiger partial charge is 0.256 e. The largest absolute Gasteiger partial charge is 0.385 e. The van der Waals surface area contributed by atoms with Gasteiger partial charge in [0.05, 0.1) is 10.7 Å². The number of aromatic nitrogens is 1. The number of carbonyl (C=O) groups is 1. The number of benzene rings is 3. The van der Waals surface area contributed by atoms with E-state index in [0.717, 1.165) is 51.7 Å². The Kier molecular flexibility index (Phi) is 6.66. The van der Waals surface area contributed by atoms with E-state index in [9.17, 15) is 4.79 Å². The standard InChI is InChI=1S/C27H27N3OS/c1-18-4-7-21(8-5-18)26-16-19(2)6-13-25(26)27(31)30-23-11-9-22(10-12-23)28-15-14-24-17-32-20(3)29-24/h4-13,16-17,28H,14-15H2,1-3H3,(H,30,31). The van der Waals surface area contributed by atoms with Crippen LogP contribution in [-0.4, -0.2) is 17.4 Å². The van der Waals surface area contributed by atoms with Crippen LogP contribution in [0.3, 0.4) is 0 Å². The first-order valence-electron chi connectivity index (χ1n) is 10.7. The molecule has 5 heteroatoms. The first kappa shape index (κ1) is 21.8. The summed E-state index contributed by atoms with van der Waals surface area (Å²) in [7, 11) is 0. The van der Waals surface area contributed by atoms with Crippen LogP contribution in [0.1, 0.15) is 32.2 Å². The molecule has 1 heterocycles. The molecule has 32 heavy (non-hydrogen) atoms. The Morgan fingerprint density at radius 1 is 0.875 bits per heavy atom. The monoisotopic (exact) mass is 441 g/mol. The molecule has 3 aromatic carbocycles. The summed E-state index contributed by atoms with van der Waals surface area (Å²) in [6.07, 6.45) is 0.887. The maximum absolute atomic E-state index is 13.1. The number of hydrogen-bond acceptors (Lipinski definition) is 4. The quantitative estimate of drug-likeness (QED) is 0.338. The Hall–Kier alpha value is -3.44. The van der Waals surface area contributed by atoms with Crippen LogP contribution in [0.2, 0.25) is 0 Å². The fourth-order valence-electron chi connectivity index (χ4n) is 3.56. The second kappa shape index (κ2) is 9.79. The van der Waals surface area contributed by atoms with Crippen molar-refractivity contribution in [3.05, 3.63) is 99.5 Å². The first-order chi connectivity index (χ1) is 15.5. The molecule has 0 atom stereocenters. The van der Waals surface area contributed by atoms with Crippen LogP contribution in [0.15, 0.2) is 72.1 Å². The molecule has 0 radical (unpaired) electrons. The number of nitrogens with zero attached hydrogens (tertiary/aromatic N) is 1. The predicted octanol–water partition coefficient (Wildman–Crippen LogP) is 6.64. The Balaban J connectivity index is 1.42. The number of carbonyl (C=O) groups excluding carboxylic acids is 1. The lowest BCUT2D eigenvalue weighted by molar-refractivity contribution is 0.102. The van der Waals surface area contributed by atoms with Crippen LogP contribution in [0, 0.1) is 20.8 Å².